The molecule has 0 spiro atoms. The van der Waals surface area contributed by atoms with E-state index in [1.54, 1.807) is 6.33 Å². The van der Waals surface area contributed by atoms with E-state index < -0.39 is 0 Å². The van der Waals surface area contributed by atoms with E-state index in [2.05, 4.69) is 44.6 Å². The molecule has 136 valence electrons. The highest BCUT2D eigenvalue weighted by Crippen LogP contribution is 2.09. The Morgan fingerprint density at radius 1 is 1.17 bits per heavy atom. The smallest absolute Gasteiger partial charge is 0.191 e. The predicted molar refractivity (Wildman–Crippen MR) is 98.0 cm³/mol. The molecule has 1 aromatic heterocycles. The van der Waals surface area contributed by atoms with Crippen molar-refractivity contribution in [2.45, 2.75) is 59.0 Å². The molecule has 0 radical (unpaired) electrons. The Bertz CT molecular complexity index is 475. The third-order valence-corrected chi connectivity index (χ3v) is 4.40. The van der Waals surface area contributed by atoms with Crippen molar-refractivity contribution < 1.29 is 0 Å². The number of aliphatic imine (C=N–C) groups is 1. The summed E-state index contributed by atoms with van der Waals surface area (Å²) in [4.78, 5) is 7.22. The van der Waals surface area contributed by atoms with Crippen molar-refractivity contribution in [1.29, 1.82) is 0 Å². The third kappa shape index (κ3) is 6.47. The number of nitrogens with zero attached hydrogens (tertiary/aromatic N) is 5. The zero-order chi connectivity index (χ0) is 17.0. The lowest BCUT2D eigenvalue weighted by Crippen LogP contribution is -2.39. The molecule has 7 nitrogen and oxygen atoms in total. The van der Waals surface area contributed by atoms with Crippen molar-refractivity contribution in [1.82, 2.24) is 30.3 Å². The zero-order valence-corrected chi connectivity index (χ0v) is 15.3. The number of hydrogen-bond acceptors (Lipinski definition) is 4. The van der Waals surface area contributed by atoms with Crippen LogP contribution < -0.4 is 10.6 Å². The van der Waals surface area contributed by atoms with E-state index >= 15 is 0 Å². The Morgan fingerprint density at radius 2 is 1.96 bits per heavy atom. The molecule has 1 fully saturated rings. The number of rotatable bonds is 8. The summed E-state index contributed by atoms with van der Waals surface area (Å²) in [6.45, 7) is 11.1. The second-order valence-electron chi connectivity index (χ2n) is 6.26. The Kier molecular flexibility index (Phi) is 8.59. The van der Waals surface area contributed by atoms with Crippen molar-refractivity contribution in [3.05, 3.63) is 12.2 Å². The molecule has 1 aliphatic rings. The summed E-state index contributed by atoms with van der Waals surface area (Å²) in [7, 11) is 0. The van der Waals surface area contributed by atoms with Gasteiger partial charge in [-0.25, -0.2) is 4.99 Å². The van der Waals surface area contributed by atoms with Gasteiger partial charge < -0.3 is 20.1 Å². The summed E-state index contributed by atoms with van der Waals surface area (Å²) in [6.07, 6.45) is 8.41. The summed E-state index contributed by atoms with van der Waals surface area (Å²) < 4.78 is 2.02. The van der Waals surface area contributed by atoms with Crippen LogP contribution in [0.5, 0.6) is 0 Å². The van der Waals surface area contributed by atoms with E-state index in [9.17, 15) is 0 Å². The van der Waals surface area contributed by atoms with Gasteiger partial charge in [0.2, 0.25) is 0 Å². The molecule has 2 heterocycles. The fourth-order valence-electron chi connectivity index (χ4n) is 3.03. The van der Waals surface area contributed by atoms with Gasteiger partial charge in [0, 0.05) is 19.6 Å². The molecule has 2 rings (SSSR count). The van der Waals surface area contributed by atoms with Crippen LogP contribution >= 0.6 is 0 Å². The molecular weight excluding hydrogens is 302 g/mol. The van der Waals surface area contributed by atoms with Crippen LogP contribution in [0.3, 0.4) is 0 Å². The van der Waals surface area contributed by atoms with Crippen LogP contribution in [0.4, 0.5) is 0 Å². The van der Waals surface area contributed by atoms with Gasteiger partial charge in [0.15, 0.2) is 11.8 Å². The topological polar surface area (TPSA) is 70.4 Å². The van der Waals surface area contributed by atoms with Gasteiger partial charge in [-0.3, -0.25) is 0 Å². The second-order valence-corrected chi connectivity index (χ2v) is 6.26. The first kappa shape index (κ1) is 18.7. The van der Waals surface area contributed by atoms with E-state index in [1.807, 2.05) is 4.57 Å². The Hall–Kier alpha value is -1.63. The molecule has 1 aromatic rings. The van der Waals surface area contributed by atoms with E-state index in [0.717, 1.165) is 37.8 Å². The quantitative estimate of drug-likeness (QED) is 0.429. The number of nitrogens with one attached hydrogen (secondary N) is 2. The number of aryl methyl sites for hydroxylation is 1. The molecule has 1 saturated heterocycles. The number of aromatic nitrogens is 3. The van der Waals surface area contributed by atoms with E-state index in [-0.39, 0.29) is 0 Å². The average molecular weight is 336 g/mol. The standard InChI is InChI=1S/C17H33N7/c1-3-18-17(20-14-16-22-21-15-24(16)4-2)19-10-9-13-23-11-7-5-6-8-12-23/h15H,3-14H2,1-2H3,(H2,18,19,20). The van der Waals surface area contributed by atoms with Crippen molar-refractivity contribution in [2.75, 3.05) is 32.7 Å². The van der Waals surface area contributed by atoms with Crippen LogP contribution in [0.25, 0.3) is 0 Å². The van der Waals surface area contributed by atoms with E-state index in [0.29, 0.717) is 6.54 Å². The lowest BCUT2D eigenvalue weighted by Gasteiger charge is -2.20. The molecule has 1 aliphatic heterocycles. The fraction of sp³-hybridized carbons (Fsp3) is 0.824. The lowest BCUT2D eigenvalue weighted by molar-refractivity contribution is 0.282. The highest BCUT2D eigenvalue weighted by molar-refractivity contribution is 5.79. The molecule has 24 heavy (non-hydrogen) atoms. The Morgan fingerprint density at radius 3 is 2.67 bits per heavy atom. The van der Waals surface area contributed by atoms with Gasteiger partial charge in [-0.15, -0.1) is 10.2 Å². The van der Waals surface area contributed by atoms with Gasteiger partial charge in [0.05, 0.1) is 0 Å². The highest BCUT2D eigenvalue weighted by Gasteiger charge is 2.08. The van der Waals surface area contributed by atoms with Crippen LogP contribution in [0.2, 0.25) is 0 Å². The Balaban J connectivity index is 1.72. The molecule has 0 saturated carbocycles. The first-order valence-corrected chi connectivity index (χ1v) is 9.44. The Labute approximate surface area is 145 Å². The van der Waals surface area contributed by atoms with Crippen molar-refractivity contribution in [2.24, 2.45) is 4.99 Å². The molecule has 0 aliphatic carbocycles. The van der Waals surface area contributed by atoms with Crippen LogP contribution in [-0.4, -0.2) is 58.3 Å². The van der Waals surface area contributed by atoms with E-state index in [4.69, 9.17) is 0 Å². The van der Waals surface area contributed by atoms with Gasteiger partial charge in [0.1, 0.15) is 12.9 Å². The summed E-state index contributed by atoms with van der Waals surface area (Å²) >= 11 is 0. The monoisotopic (exact) mass is 335 g/mol. The lowest BCUT2D eigenvalue weighted by atomic mass is 10.2. The first-order chi connectivity index (χ1) is 11.8. The average Bonchev–Trinajstić information content (AvgIpc) is 2.90. The maximum absolute atomic E-state index is 4.62. The minimum absolute atomic E-state index is 0.551. The molecule has 0 aromatic carbocycles. The van der Waals surface area contributed by atoms with Gasteiger partial charge in [0.25, 0.3) is 0 Å². The minimum atomic E-state index is 0.551. The summed E-state index contributed by atoms with van der Waals surface area (Å²) in [5.41, 5.74) is 0. The maximum atomic E-state index is 4.62. The summed E-state index contributed by atoms with van der Waals surface area (Å²) in [5.74, 6) is 1.76. The first-order valence-electron chi connectivity index (χ1n) is 9.44. The molecule has 7 heteroatoms. The third-order valence-electron chi connectivity index (χ3n) is 4.40. The molecular formula is C17H33N7. The minimum Gasteiger partial charge on any atom is -0.357 e. The predicted octanol–water partition coefficient (Wildman–Crippen LogP) is 1.62. The zero-order valence-electron chi connectivity index (χ0n) is 15.3. The normalized spacial score (nSPS) is 16.8. The van der Waals surface area contributed by atoms with Crippen molar-refractivity contribution in [3.63, 3.8) is 0 Å². The maximum Gasteiger partial charge on any atom is 0.191 e. The summed E-state index contributed by atoms with van der Waals surface area (Å²) in [6, 6.07) is 0. The fourth-order valence-corrected chi connectivity index (χ4v) is 3.03. The van der Waals surface area contributed by atoms with Gasteiger partial charge in [-0.05, 0) is 52.7 Å². The van der Waals surface area contributed by atoms with Crippen molar-refractivity contribution in [3.8, 4) is 0 Å². The van der Waals surface area contributed by atoms with E-state index in [1.165, 1.54) is 45.3 Å². The molecule has 0 atom stereocenters. The second kappa shape index (κ2) is 11.0. The summed E-state index contributed by atoms with van der Waals surface area (Å²) in [5, 5.41) is 14.8. The molecule has 0 amide bonds. The van der Waals surface area contributed by atoms with Crippen molar-refractivity contribution >= 4 is 5.96 Å². The number of hydrogen-bond donors (Lipinski definition) is 2. The van der Waals surface area contributed by atoms with Gasteiger partial charge in [-0.1, -0.05) is 12.8 Å². The molecule has 0 unspecified atom stereocenters. The van der Waals surface area contributed by atoms with Crippen LogP contribution in [0.15, 0.2) is 11.3 Å². The highest BCUT2D eigenvalue weighted by atomic mass is 15.3. The molecule has 2 N–H and O–H groups in total. The van der Waals surface area contributed by atoms with Crippen LogP contribution in [0.1, 0.15) is 51.8 Å². The van der Waals surface area contributed by atoms with Crippen LogP contribution in [-0.2, 0) is 13.1 Å². The van der Waals surface area contributed by atoms with Crippen LogP contribution in [0, 0.1) is 0 Å². The van der Waals surface area contributed by atoms with Gasteiger partial charge in [-0.2, -0.15) is 0 Å². The molecule has 0 bridgehead atoms. The number of guanidine groups is 1. The number of likely N-dealkylation sites (tertiary alicyclic amines) is 1. The van der Waals surface area contributed by atoms with Gasteiger partial charge >= 0.3 is 0 Å². The SMILES string of the molecule is CCNC(=NCc1nncn1CC)NCCCN1CCCCCC1. The largest absolute Gasteiger partial charge is 0.357 e.